The first-order chi connectivity index (χ1) is 9.19. The first-order valence-electron chi connectivity index (χ1n) is 6.88. The summed E-state index contributed by atoms with van der Waals surface area (Å²) in [4.78, 5) is 11.8. The second kappa shape index (κ2) is 10.7. The zero-order chi connectivity index (χ0) is 14.1. The molecule has 0 spiro atoms. The molecule has 0 aliphatic carbocycles. The van der Waals surface area contributed by atoms with Crippen LogP contribution in [0.1, 0.15) is 37.7 Å². The van der Waals surface area contributed by atoms with Crippen LogP contribution in [0.15, 0.2) is 30.3 Å². The molecule has 4 nitrogen and oxygen atoms in total. The summed E-state index contributed by atoms with van der Waals surface area (Å²) >= 11 is 0. The largest absolute Gasteiger partial charge is 0.396 e. The molecule has 0 saturated carbocycles. The highest BCUT2D eigenvalue weighted by Gasteiger charge is 2.15. The van der Waals surface area contributed by atoms with Gasteiger partial charge in [-0.3, -0.25) is 4.79 Å². The lowest BCUT2D eigenvalue weighted by Crippen LogP contribution is -2.42. The Morgan fingerprint density at radius 1 is 1.30 bits per heavy atom. The summed E-state index contributed by atoms with van der Waals surface area (Å²) in [6, 6.07) is 9.47. The van der Waals surface area contributed by atoms with Gasteiger partial charge in [-0.1, -0.05) is 43.7 Å². The van der Waals surface area contributed by atoms with Crippen LogP contribution in [0.5, 0.6) is 0 Å². The third-order valence-corrected chi connectivity index (χ3v) is 3.21. The maximum atomic E-state index is 11.8. The topological polar surface area (TPSA) is 75.4 Å². The summed E-state index contributed by atoms with van der Waals surface area (Å²) in [5.41, 5.74) is 6.89. The average Bonchev–Trinajstić information content (AvgIpc) is 2.44. The van der Waals surface area contributed by atoms with Gasteiger partial charge in [-0.25, -0.2) is 0 Å². The lowest BCUT2D eigenvalue weighted by Gasteiger charge is -2.18. The van der Waals surface area contributed by atoms with Gasteiger partial charge in [0.15, 0.2) is 0 Å². The van der Waals surface area contributed by atoms with Crippen LogP contribution >= 0.6 is 12.4 Å². The van der Waals surface area contributed by atoms with Crippen LogP contribution in [0.25, 0.3) is 0 Å². The van der Waals surface area contributed by atoms with Crippen LogP contribution in [-0.4, -0.2) is 30.2 Å². The molecule has 1 amide bonds. The van der Waals surface area contributed by atoms with Crippen molar-refractivity contribution >= 4 is 18.3 Å². The van der Waals surface area contributed by atoms with E-state index in [-0.39, 0.29) is 30.8 Å². The summed E-state index contributed by atoms with van der Waals surface area (Å²) in [5.74, 6) is 0.0182. The van der Waals surface area contributed by atoms with E-state index < -0.39 is 6.04 Å². The highest BCUT2D eigenvalue weighted by Crippen LogP contribution is 2.18. The van der Waals surface area contributed by atoms with E-state index in [0.717, 1.165) is 12.0 Å². The summed E-state index contributed by atoms with van der Waals surface area (Å²) in [6.07, 6.45) is 2.22. The minimum atomic E-state index is -0.435. The monoisotopic (exact) mass is 300 g/mol. The van der Waals surface area contributed by atoms with E-state index >= 15 is 0 Å². The third kappa shape index (κ3) is 6.37. The Hall–Kier alpha value is -1.10. The molecule has 4 N–H and O–H groups in total. The molecule has 2 atom stereocenters. The Bertz CT molecular complexity index is 373. The van der Waals surface area contributed by atoms with Crippen molar-refractivity contribution in [3.8, 4) is 0 Å². The van der Waals surface area contributed by atoms with Gasteiger partial charge in [0.25, 0.3) is 0 Å². The van der Waals surface area contributed by atoms with E-state index in [0.29, 0.717) is 19.4 Å². The molecule has 0 aliphatic heterocycles. The molecule has 0 aromatic heterocycles. The molecular weight excluding hydrogens is 276 g/mol. The van der Waals surface area contributed by atoms with Crippen LogP contribution in [0.2, 0.25) is 0 Å². The number of nitrogens with two attached hydrogens (primary N) is 1. The average molecular weight is 301 g/mol. The predicted molar refractivity (Wildman–Crippen MR) is 84.0 cm³/mol. The van der Waals surface area contributed by atoms with Crippen LogP contribution in [0.3, 0.4) is 0 Å². The Balaban J connectivity index is 0.00000361. The second-order valence-electron chi connectivity index (χ2n) is 4.76. The van der Waals surface area contributed by atoms with Crippen molar-refractivity contribution in [3.05, 3.63) is 35.9 Å². The van der Waals surface area contributed by atoms with E-state index in [1.54, 1.807) is 0 Å². The number of nitrogens with one attached hydrogen (secondary N) is 1. The van der Waals surface area contributed by atoms with Gasteiger partial charge in [0.2, 0.25) is 5.91 Å². The molecule has 20 heavy (non-hydrogen) atoms. The molecule has 0 aliphatic rings. The van der Waals surface area contributed by atoms with Crippen molar-refractivity contribution in [2.75, 3.05) is 13.2 Å². The van der Waals surface area contributed by atoms with E-state index in [2.05, 4.69) is 5.32 Å². The van der Waals surface area contributed by atoms with Gasteiger partial charge >= 0.3 is 0 Å². The number of aliphatic hydroxyl groups is 1. The zero-order valence-electron chi connectivity index (χ0n) is 11.9. The van der Waals surface area contributed by atoms with Crippen molar-refractivity contribution in [3.63, 3.8) is 0 Å². The Morgan fingerprint density at radius 2 is 1.95 bits per heavy atom. The number of carbonyl (C=O) groups is 1. The summed E-state index contributed by atoms with van der Waals surface area (Å²) in [5, 5.41) is 12.0. The van der Waals surface area contributed by atoms with Gasteiger partial charge in [-0.15, -0.1) is 12.4 Å². The van der Waals surface area contributed by atoms with Crippen LogP contribution in [-0.2, 0) is 4.79 Å². The first-order valence-corrected chi connectivity index (χ1v) is 6.88. The van der Waals surface area contributed by atoms with Gasteiger partial charge in [0, 0.05) is 19.1 Å². The van der Waals surface area contributed by atoms with Gasteiger partial charge in [0.05, 0.1) is 6.04 Å². The number of hydrogen-bond donors (Lipinski definition) is 3. The minimum absolute atomic E-state index is 0. The maximum Gasteiger partial charge on any atom is 0.236 e. The molecule has 2 unspecified atom stereocenters. The fraction of sp³-hybridized carbons (Fsp3) is 0.533. The second-order valence-corrected chi connectivity index (χ2v) is 4.76. The van der Waals surface area contributed by atoms with E-state index in [9.17, 15) is 4.79 Å². The quantitative estimate of drug-likeness (QED) is 0.685. The van der Waals surface area contributed by atoms with E-state index in [1.807, 2.05) is 37.3 Å². The number of hydrogen-bond acceptors (Lipinski definition) is 3. The number of benzene rings is 1. The number of halogens is 1. The molecule has 1 aromatic carbocycles. The smallest absolute Gasteiger partial charge is 0.236 e. The first kappa shape index (κ1) is 18.9. The molecule has 5 heteroatoms. The molecule has 0 heterocycles. The SMILES string of the molecule is CCCC(N)C(=O)NCC(CCO)c1ccccc1.Cl. The van der Waals surface area contributed by atoms with Crippen molar-refractivity contribution in [1.82, 2.24) is 5.32 Å². The fourth-order valence-corrected chi connectivity index (χ4v) is 2.06. The lowest BCUT2D eigenvalue weighted by molar-refractivity contribution is -0.122. The van der Waals surface area contributed by atoms with Gasteiger partial charge in [0.1, 0.15) is 0 Å². The molecule has 114 valence electrons. The maximum absolute atomic E-state index is 11.8. The number of amides is 1. The van der Waals surface area contributed by atoms with Crippen LogP contribution in [0.4, 0.5) is 0 Å². The number of rotatable bonds is 8. The third-order valence-electron chi connectivity index (χ3n) is 3.21. The van der Waals surface area contributed by atoms with Crippen molar-refractivity contribution in [2.24, 2.45) is 5.73 Å². The lowest BCUT2D eigenvalue weighted by atomic mass is 9.96. The normalized spacial score (nSPS) is 13.2. The Morgan fingerprint density at radius 3 is 2.50 bits per heavy atom. The van der Waals surface area contributed by atoms with E-state index in [1.165, 1.54) is 0 Å². The van der Waals surface area contributed by atoms with Gasteiger partial charge < -0.3 is 16.2 Å². The molecular formula is C15H25ClN2O2. The molecule has 0 fully saturated rings. The Kier molecular flexibility index (Phi) is 10.1. The van der Waals surface area contributed by atoms with Crippen molar-refractivity contribution in [2.45, 2.75) is 38.1 Å². The van der Waals surface area contributed by atoms with Crippen LogP contribution in [0, 0.1) is 0 Å². The molecule has 1 aromatic rings. The number of aliphatic hydroxyl groups excluding tert-OH is 1. The summed E-state index contributed by atoms with van der Waals surface area (Å²) in [6.45, 7) is 2.63. The minimum Gasteiger partial charge on any atom is -0.396 e. The van der Waals surface area contributed by atoms with Gasteiger partial charge in [-0.2, -0.15) is 0 Å². The highest BCUT2D eigenvalue weighted by molar-refractivity contribution is 5.85. The predicted octanol–water partition coefficient (Wildman–Crippen LogP) is 1.82. The Labute approximate surface area is 127 Å². The molecule has 0 saturated heterocycles. The van der Waals surface area contributed by atoms with Gasteiger partial charge in [-0.05, 0) is 18.4 Å². The molecule has 0 bridgehead atoms. The zero-order valence-corrected chi connectivity index (χ0v) is 12.7. The van der Waals surface area contributed by atoms with Crippen molar-refractivity contribution in [1.29, 1.82) is 0 Å². The van der Waals surface area contributed by atoms with Crippen LogP contribution < -0.4 is 11.1 Å². The molecule has 1 rings (SSSR count). The summed E-state index contributed by atoms with van der Waals surface area (Å²) < 4.78 is 0. The van der Waals surface area contributed by atoms with E-state index in [4.69, 9.17) is 10.8 Å². The standard InChI is InChI=1S/C15H24N2O2.ClH/c1-2-6-14(16)15(19)17-11-13(9-10-18)12-7-4-3-5-8-12;/h3-5,7-8,13-14,18H,2,6,9-11,16H2,1H3,(H,17,19);1H. The fourth-order valence-electron chi connectivity index (χ4n) is 2.06. The molecule has 0 radical (unpaired) electrons. The van der Waals surface area contributed by atoms with Crippen molar-refractivity contribution < 1.29 is 9.90 Å². The number of carbonyl (C=O) groups excluding carboxylic acids is 1. The summed E-state index contributed by atoms with van der Waals surface area (Å²) in [7, 11) is 0. The highest BCUT2D eigenvalue weighted by atomic mass is 35.5.